The zero-order valence-corrected chi connectivity index (χ0v) is 11.7. The highest BCUT2D eigenvalue weighted by atomic mass is 16.2. The van der Waals surface area contributed by atoms with Crippen molar-refractivity contribution in [2.75, 3.05) is 17.7 Å². The van der Waals surface area contributed by atoms with Crippen LogP contribution >= 0.6 is 0 Å². The molecule has 0 heterocycles. The van der Waals surface area contributed by atoms with Crippen LogP contribution in [0.5, 0.6) is 0 Å². The van der Waals surface area contributed by atoms with Crippen molar-refractivity contribution >= 4 is 17.4 Å². The number of carbonyl (C=O) groups excluding carboxylic acids is 1. The number of urea groups is 1. The zero-order valence-electron chi connectivity index (χ0n) is 11.7. The minimum absolute atomic E-state index is 0.251. The summed E-state index contributed by atoms with van der Waals surface area (Å²) in [6, 6.07) is 16.8. The van der Waals surface area contributed by atoms with E-state index >= 15 is 0 Å². The number of nitrogens with zero attached hydrogens (tertiary/aromatic N) is 1. The van der Waals surface area contributed by atoms with E-state index in [1.807, 2.05) is 42.5 Å². The first kappa shape index (κ1) is 14.4. The number of anilines is 2. The van der Waals surface area contributed by atoms with Crippen LogP contribution in [0.2, 0.25) is 0 Å². The van der Waals surface area contributed by atoms with Gasteiger partial charge in [-0.15, -0.1) is 0 Å². The van der Waals surface area contributed by atoms with Crippen LogP contribution in [0.15, 0.2) is 48.5 Å². The molecular formula is C16H16N4O. The Morgan fingerprint density at radius 1 is 1.10 bits per heavy atom. The van der Waals surface area contributed by atoms with Gasteiger partial charge in [-0.2, -0.15) is 5.26 Å². The van der Waals surface area contributed by atoms with Crippen LogP contribution in [0, 0.1) is 11.3 Å². The van der Waals surface area contributed by atoms with Crippen LogP contribution in [0.3, 0.4) is 0 Å². The first-order valence-corrected chi connectivity index (χ1v) is 6.53. The predicted molar refractivity (Wildman–Crippen MR) is 83.0 cm³/mol. The van der Waals surface area contributed by atoms with Crippen LogP contribution in [0.1, 0.15) is 11.1 Å². The lowest BCUT2D eigenvalue weighted by Gasteiger charge is -2.09. The molecule has 0 bridgehead atoms. The Kier molecular flexibility index (Phi) is 4.78. The van der Waals surface area contributed by atoms with Crippen molar-refractivity contribution in [3.8, 4) is 6.07 Å². The van der Waals surface area contributed by atoms with Crippen LogP contribution in [0.4, 0.5) is 16.2 Å². The number of rotatable bonds is 4. The lowest BCUT2D eigenvalue weighted by atomic mass is 10.1. The summed E-state index contributed by atoms with van der Waals surface area (Å²) in [6.45, 7) is 0.575. The van der Waals surface area contributed by atoms with Gasteiger partial charge in [0.2, 0.25) is 0 Å². The fourth-order valence-electron chi connectivity index (χ4n) is 1.85. The van der Waals surface area contributed by atoms with E-state index < -0.39 is 0 Å². The maximum absolute atomic E-state index is 11.2. The molecule has 0 fully saturated rings. The van der Waals surface area contributed by atoms with Gasteiger partial charge in [0, 0.05) is 25.0 Å². The molecule has 2 amide bonds. The smallest absolute Gasteiger partial charge is 0.318 e. The fourth-order valence-corrected chi connectivity index (χ4v) is 1.85. The van der Waals surface area contributed by atoms with E-state index in [2.05, 4.69) is 22.0 Å². The van der Waals surface area contributed by atoms with Gasteiger partial charge < -0.3 is 16.0 Å². The fraction of sp³-hybridized carbons (Fsp3) is 0.125. The third kappa shape index (κ3) is 3.98. The van der Waals surface area contributed by atoms with Crippen molar-refractivity contribution in [3.63, 3.8) is 0 Å². The highest BCUT2D eigenvalue weighted by Gasteiger charge is 2.01. The molecule has 3 N–H and O–H groups in total. The second-order valence-electron chi connectivity index (χ2n) is 4.40. The molecule has 2 rings (SSSR count). The largest absolute Gasteiger partial charge is 0.381 e. The van der Waals surface area contributed by atoms with Crippen molar-refractivity contribution in [1.29, 1.82) is 5.26 Å². The molecule has 0 aromatic heterocycles. The quantitative estimate of drug-likeness (QED) is 0.806. The first-order chi connectivity index (χ1) is 10.2. The highest BCUT2D eigenvalue weighted by molar-refractivity contribution is 5.89. The van der Waals surface area contributed by atoms with Gasteiger partial charge in [-0.1, -0.05) is 18.2 Å². The third-order valence-electron chi connectivity index (χ3n) is 2.99. The Bertz CT molecular complexity index is 659. The molecule has 0 atom stereocenters. The molecule has 0 aliphatic rings. The second kappa shape index (κ2) is 6.96. The molecule has 0 saturated carbocycles. The Labute approximate surface area is 123 Å². The van der Waals surface area contributed by atoms with Gasteiger partial charge in [-0.25, -0.2) is 4.79 Å². The maximum atomic E-state index is 11.2. The summed E-state index contributed by atoms with van der Waals surface area (Å²) in [4.78, 5) is 11.2. The van der Waals surface area contributed by atoms with Gasteiger partial charge in [-0.05, 0) is 35.9 Å². The minimum atomic E-state index is -0.251. The number of amides is 2. The summed E-state index contributed by atoms with van der Waals surface area (Å²) in [5.41, 5.74) is 3.26. The lowest BCUT2D eigenvalue weighted by Crippen LogP contribution is -2.24. The van der Waals surface area contributed by atoms with E-state index in [-0.39, 0.29) is 6.03 Å². The Morgan fingerprint density at radius 2 is 1.76 bits per heavy atom. The molecule has 21 heavy (non-hydrogen) atoms. The Hall–Kier alpha value is -3.00. The normalized spacial score (nSPS) is 9.52. The molecule has 0 aliphatic heterocycles. The van der Waals surface area contributed by atoms with E-state index in [1.54, 1.807) is 13.1 Å². The van der Waals surface area contributed by atoms with Crippen LogP contribution < -0.4 is 16.0 Å². The molecule has 0 saturated heterocycles. The topological polar surface area (TPSA) is 77.0 Å². The van der Waals surface area contributed by atoms with Crippen LogP contribution in [-0.2, 0) is 6.54 Å². The van der Waals surface area contributed by atoms with Gasteiger partial charge in [0.1, 0.15) is 0 Å². The molecular weight excluding hydrogens is 264 g/mol. The van der Waals surface area contributed by atoms with E-state index in [1.165, 1.54) is 0 Å². The van der Waals surface area contributed by atoms with Crippen LogP contribution in [-0.4, -0.2) is 13.1 Å². The molecule has 0 radical (unpaired) electrons. The average Bonchev–Trinajstić information content (AvgIpc) is 2.54. The number of carbonyl (C=O) groups is 1. The number of nitriles is 1. The van der Waals surface area contributed by atoms with Gasteiger partial charge in [0.05, 0.1) is 11.6 Å². The zero-order chi connectivity index (χ0) is 15.1. The maximum Gasteiger partial charge on any atom is 0.318 e. The summed E-state index contributed by atoms with van der Waals surface area (Å²) in [5.74, 6) is 0. The van der Waals surface area contributed by atoms with Crippen LogP contribution in [0.25, 0.3) is 0 Å². The van der Waals surface area contributed by atoms with Crippen molar-refractivity contribution in [3.05, 3.63) is 59.7 Å². The Morgan fingerprint density at radius 3 is 2.43 bits per heavy atom. The van der Waals surface area contributed by atoms with Crippen molar-refractivity contribution in [1.82, 2.24) is 5.32 Å². The monoisotopic (exact) mass is 280 g/mol. The molecule has 2 aromatic rings. The summed E-state index contributed by atoms with van der Waals surface area (Å²) in [5, 5.41) is 17.5. The van der Waals surface area contributed by atoms with Crippen molar-refractivity contribution in [2.45, 2.75) is 6.54 Å². The lowest BCUT2D eigenvalue weighted by molar-refractivity contribution is 0.254. The van der Waals surface area contributed by atoms with Crippen molar-refractivity contribution in [2.24, 2.45) is 0 Å². The SMILES string of the molecule is CNC(=O)Nc1ccc(NCc2ccccc2C#N)cc1. The standard InChI is InChI=1S/C16H16N4O/c1-18-16(21)20-15-8-6-14(7-9-15)19-11-13-5-3-2-4-12(13)10-17/h2-9,19H,11H2,1H3,(H2,18,20,21). The van der Waals surface area contributed by atoms with E-state index in [9.17, 15) is 4.79 Å². The van der Waals surface area contributed by atoms with Gasteiger partial charge in [-0.3, -0.25) is 0 Å². The first-order valence-electron chi connectivity index (χ1n) is 6.53. The summed E-state index contributed by atoms with van der Waals surface area (Å²) < 4.78 is 0. The second-order valence-corrected chi connectivity index (χ2v) is 4.40. The average molecular weight is 280 g/mol. The highest BCUT2D eigenvalue weighted by Crippen LogP contribution is 2.15. The summed E-state index contributed by atoms with van der Waals surface area (Å²) in [7, 11) is 1.57. The minimum Gasteiger partial charge on any atom is -0.381 e. The van der Waals surface area contributed by atoms with Crippen molar-refractivity contribution < 1.29 is 4.79 Å². The third-order valence-corrected chi connectivity index (χ3v) is 2.99. The number of benzene rings is 2. The molecule has 106 valence electrons. The van der Waals surface area contributed by atoms with Gasteiger partial charge in [0.25, 0.3) is 0 Å². The summed E-state index contributed by atoms with van der Waals surface area (Å²) in [6.07, 6.45) is 0. The predicted octanol–water partition coefficient (Wildman–Crippen LogP) is 2.92. The number of hydrogen-bond acceptors (Lipinski definition) is 3. The number of nitrogens with one attached hydrogen (secondary N) is 3. The van der Waals surface area contributed by atoms with Gasteiger partial charge >= 0.3 is 6.03 Å². The molecule has 0 aliphatic carbocycles. The Balaban J connectivity index is 1.98. The molecule has 2 aromatic carbocycles. The van der Waals surface area contributed by atoms with Gasteiger partial charge in [0.15, 0.2) is 0 Å². The van der Waals surface area contributed by atoms with E-state index in [4.69, 9.17) is 5.26 Å². The van der Waals surface area contributed by atoms with E-state index in [0.717, 1.165) is 16.9 Å². The molecule has 5 heteroatoms. The summed E-state index contributed by atoms with van der Waals surface area (Å²) >= 11 is 0. The molecule has 0 spiro atoms. The molecule has 0 unspecified atom stereocenters. The number of hydrogen-bond donors (Lipinski definition) is 3. The van der Waals surface area contributed by atoms with E-state index in [0.29, 0.717) is 12.1 Å². The molecule has 5 nitrogen and oxygen atoms in total.